The van der Waals surface area contributed by atoms with Crippen molar-refractivity contribution in [2.45, 2.75) is 50.4 Å². The fraction of sp³-hybridized carbons (Fsp3) is 0.647. The molecule has 23 heavy (non-hydrogen) atoms. The van der Waals surface area contributed by atoms with Crippen molar-refractivity contribution < 1.29 is 19.7 Å². The molecule has 2 fully saturated rings. The van der Waals surface area contributed by atoms with Crippen LogP contribution < -0.4 is 0 Å². The Hall–Kier alpha value is -1.50. The summed E-state index contributed by atoms with van der Waals surface area (Å²) in [5.74, 6) is -0.0880. The average molecular weight is 320 g/mol. The highest BCUT2D eigenvalue weighted by Crippen LogP contribution is 2.39. The van der Waals surface area contributed by atoms with Crippen molar-refractivity contribution in [1.29, 1.82) is 0 Å². The molecule has 0 unspecified atom stereocenters. The molecule has 1 amide bonds. The van der Waals surface area contributed by atoms with E-state index in [0.717, 1.165) is 5.56 Å². The molecule has 126 valence electrons. The van der Waals surface area contributed by atoms with Crippen LogP contribution in [0.1, 0.15) is 42.2 Å². The summed E-state index contributed by atoms with van der Waals surface area (Å²) >= 11 is 0. The fourth-order valence-corrected chi connectivity index (χ4v) is 3.61. The molecule has 3 heterocycles. The molecule has 1 spiro atoms. The number of piperidine rings is 1. The zero-order valence-electron chi connectivity index (χ0n) is 13.7. The number of hydrogen-bond donors (Lipinski definition) is 2. The van der Waals surface area contributed by atoms with E-state index in [4.69, 9.17) is 4.74 Å². The van der Waals surface area contributed by atoms with Gasteiger partial charge >= 0.3 is 0 Å². The number of carbonyl (C=O) groups is 1. The second-order valence-electron chi connectivity index (χ2n) is 6.88. The number of nitrogens with zero attached hydrogens (tertiary/aromatic N) is 2. The van der Waals surface area contributed by atoms with Gasteiger partial charge in [-0.1, -0.05) is 6.07 Å². The Bertz CT molecular complexity index is 594. The van der Waals surface area contributed by atoms with Gasteiger partial charge in [0.25, 0.3) is 5.91 Å². The first-order chi connectivity index (χ1) is 10.9. The summed E-state index contributed by atoms with van der Waals surface area (Å²) in [6, 6.07) is 3.68. The average Bonchev–Trinajstić information content (AvgIpc) is 2.53. The highest BCUT2D eigenvalue weighted by atomic mass is 16.5. The van der Waals surface area contributed by atoms with Crippen molar-refractivity contribution in [1.82, 2.24) is 9.88 Å². The standard InChI is InChI=1S/C17H24N2O4/c1-12-4-3-8-18-13(12)14(20)19-9-5-17(6-10-19)15(21)16(2,22)7-11-23-17/h3-4,8,15,21-22H,5-7,9-11H2,1-2H3/t15-,16+/m0/s1. The number of aromatic nitrogens is 1. The number of amides is 1. The molecule has 0 saturated carbocycles. The minimum Gasteiger partial charge on any atom is -0.387 e. The Balaban J connectivity index is 1.71. The predicted octanol–water partition coefficient (Wildman–Crippen LogP) is 0.897. The number of aliphatic hydroxyl groups is 2. The van der Waals surface area contributed by atoms with E-state index in [1.165, 1.54) is 0 Å². The Morgan fingerprint density at radius 3 is 2.74 bits per heavy atom. The molecular weight excluding hydrogens is 296 g/mol. The van der Waals surface area contributed by atoms with Gasteiger partial charge in [0.1, 0.15) is 17.4 Å². The zero-order valence-corrected chi connectivity index (χ0v) is 13.7. The number of pyridine rings is 1. The normalized spacial score (nSPS) is 30.4. The number of aryl methyl sites for hydroxylation is 1. The van der Waals surface area contributed by atoms with Gasteiger partial charge < -0.3 is 19.8 Å². The monoisotopic (exact) mass is 320 g/mol. The van der Waals surface area contributed by atoms with E-state index in [0.29, 0.717) is 44.7 Å². The molecule has 2 saturated heterocycles. The first-order valence-corrected chi connectivity index (χ1v) is 8.11. The van der Waals surface area contributed by atoms with E-state index in [-0.39, 0.29) is 5.91 Å². The summed E-state index contributed by atoms with van der Waals surface area (Å²) in [6.45, 7) is 4.93. The molecule has 6 nitrogen and oxygen atoms in total. The van der Waals surface area contributed by atoms with E-state index in [2.05, 4.69) is 4.98 Å². The quantitative estimate of drug-likeness (QED) is 0.803. The highest BCUT2D eigenvalue weighted by Gasteiger charge is 2.53. The molecule has 2 N–H and O–H groups in total. The van der Waals surface area contributed by atoms with Crippen LogP contribution >= 0.6 is 0 Å². The first kappa shape index (κ1) is 16.4. The van der Waals surface area contributed by atoms with Crippen LogP contribution in [0.15, 0.2) is 18.3 Å². The van der Waals surface area contributed by atoms with Crippen LogP contribution in [-0.4, -0.2) is 63.0 Å². The minimum atomic E-state index is -1.14. The van der Waals surface area contributed by atoms with Crippen molar-refractivity contribution in [3.05, 3.63) is 29.6 Å². The topological polar surface area (TPSA) is 82.9 Å². The summed E-state index contributed by atoms with van der Waals surface area (Å²) in [5, 5.41) is 20.8. The number of ether oxygens (including phenoxy) is 1. The van der Waals surface area contributed by atoms with Gasteiger partial charge in [-0.3, -0.25) is 9.78 Å². The minimum absolute atomic E-state index is 0.0880. The van der Waals surface area contributed by atoms with Gasteiger partial charge in [0.2, 0.25) is 0 Å². The molecule has 1 aromatic heterocycles. The summed E-state index contributed by atoms with van der Waals surface area (Å²) in [5.41, 5.74) is -0.560. The SMILES string of the molecule is Cc1cccnc1C(=O)N1CCC2(CC1)OCC[C@@](C)(O)[C@@H]2O. The molecule has 2 aliphatic rings. The van der Waals surface area contributed by atoms with Gasteiger partial charge in [-0.05, 0) is 38.3 Å². The van der Waals surface area contributed by atoms with E-state index >= 15 is 0 Å². The number of hydrogen-bond acceptors (Lipinski definition) is 5. The molecule has 3 rings (SSSR count). The number of likely N-dealkylation sites (tertiary alicyclic amines) is 1. The Morgan fingerprint density at radius 1 is 1.39 bits per heavy atom. The van der Waals surface area contributed by atoms with Crippen molar-refractivity contribution in [2.24, 2.45) is 0 Å². The van der Waals surface area contributed by atoms with Crippen LogP contribution in [-0.2, 0) is 4.74 Å². The molecule has 2 atom stereocenters. The maximum absolute atomic E-state index is 12.6. The second-order valence-corrected chi connectivity index (χ2v) is 6.88. The van der Waals surface area contributed by atoms with Crippen LogP contribution in [0.5, 0.6) is 0 Å². The highest BCUT2D eigenvalue weighted by molar-refractivity contribution is 5.93. The van der Waals surface area contributed by atoms with Crippen LogP contribution in [0.25, 0.3) is 0 Å². The lowest BCUT2D eigenvalue weighted by atomic mass is 9.75. The van der Waals surface area contributed by atoms with Crippen LogP contribution in [0.2, 0.25) is 0 Å². The lowest BCUT2D eigenvalue weighted by Gasteiger charge is -2.51. The first-order valence-electron chi connectivity index (χ1n) is 8.11. The second kappa shape index (κ2) is 5.85. The molecule has 6 heteroatoms. The number of carbonyl (C=O) groups excluding carboxylic acids is 1. The van der Waals surface area contributed by atoms with E-state index in [9.17, 15) is 15.0 Å². The Labute approximate surface area is 136 Å². The molecule has 0 radical (unpaired) electrons. The molecule has 0 aromatic carbocycles. The van der Waals surface area contributed by atoms with Gasteiger partial charge in [-0.2, -0.15) is 0 Å². The van der Waals surface area contributed by atoms with E-state index in [1.807, 2.05) is 19.1 Å². The Kier molecular flexibility index (Phi) is 4.16. The predicted molar refractivity (Wildman–Crippen MR) is 84.0 cm³/mol. The third-order valence-corrected chi connectivity index (χ3v) is 5.19. The third-order valence-electron chi connectivity index (χ3n) is 5.19. The van der Waals surface area contributed by atoms with Crippen LogP contribution in [0.4, 0.5) is 0 Å². The largest absolute Gasteiger partial charge is 0.387 e. The smallest absolute Gasteiger partial charge is 0.272 e. The molecule has 1 aromatic rings. The molecule has 0 bridgehead atoms. The van der Waals surface area contributed by atoms with Gasteiger partial charge in [0.05, 0.1) is 12.2 Å². The van der Waals surface area contributed by atoms with Crippen LogP contribution in [0, 0.1) is 6.92 Å². The Morgan fingerprint density at radius 2 is 2.09 bits per heavy atom. The molecule has 0 aliphatic carbocycles. The lowest BCUT2D eigenvalue weighted by molar-refractivity contribution is -0.244. The fourth-order valence-electron chi connectivity index (χ4n) is 3.61. The van der Waals surface area contributed by atoms with E-state index < -0.39 is 17.3 Å². The third kappa shape index (κ3) is 2.86. The number of rotatable bonds is 1. The van der Waals surface area contributed by atoms with Crippen molar-refractivity contribution >= 4 is 5.91 Å². The summed E-state index contributed by atoms with van der Waals surface area (Å²) in [4.78, 5) is 18.5. The summed E-state index contributed by atoms with van der Waals surface area (Å²) in [7, 11) is 0. The maximum atomic E-state index is 12.6. The van der Waals surface area contributed by atoms with Gasteiger partial charge in [0, 0.05) is 25.7 Å². The van der Waals surface area contributed by atoms with Crippen LogP contribution in [0.3, 0.4) is 0 Å². The molecular formula is C17H24N2O4. The lowest BCUT2D eigenvalue weighted by Crippen LogP contribution is -2.64. The summed E-state index contributed by atoms with van der Waals surface area (Å²) < 4.78 is 5.85. The zero-order chi connectivity index (χ0) is 16.7. The van der Waals surface area contributed by atoms with Gasteiger partial charge in [-0.25, -0.2) is 0 Å². The van der Waals surface area contributed by atoms with Crippen molar-refractivity contribution in [3.63, 3.8) is 0 Å². The number of aliphatic hydroxyl groups excluding tert-OH is 1. The van der Waals surface area contributed by atoms with Gasteiger partial charge in [-0.15, -0.1) is 0 Å². The van der Waals surface area contributed by atoms with Crippen molar-refractivity contribution in [2.75, 3.05) is 19.7 Å². The van der Waals surface area contributed by atoms with E-state index in [1.54, 1.807) is 18.0 Å². The summed E-state index contributed by atoms with van der Waals surface area (Å²) in [6.07, 6.45) is 2.14. The molecule has 2 aliphatic heterocycles. The maximum Gasteiger partial charge on any atom is 0.272 e. The van der Waals surface area contributed by atoms with Crippen molar-refractivity contribution in [3.8, 4) is 0 Å². The van der Waals surface area contributed by atoms with Gasteiger partial charge in [0.15, 0.2) is 0 Å².